The number of nitrogens with zero attached hydrogens (tertiary/aromatic N) is 1. The Kier molecular flexibility index (Phi) is 4.04. The van der Waals surface area contributed by atoms with Crippen LogP contribution in [-0.2, 0) is 0 Å². The molecule has 2 rings (SSSR count). The van der Waals surface area contributed by atoms with Crippen molar-refractivity contribution in [2.24, 2.45) is 0 Å². The summed E-state index contributed by atoms with van der Waals surface area (Å²) in [5, 5.41) is 18.0. The van der Waals surface area contributed by atoms with Crippen LogP contribution in [0.5, 0.6) is 0 Å². The van der Waals surface area contributed by atoms with Crippen molar-refractivity contribution in [1.29, 1.82) is 0 Å². The fraction of sp³-hybridized carbons (Fsp3) is 0.500. The predicted molar refractivity (Wildman–Crippen MR) is 72.2 cm³/mol. The molecule has 18 heavy (non-hydrogen) atoms. The number of rotatable bonds is 3. The number of nitro benzene ring substituents is 1. The maximum absolute atomic E-state index is 10.9. The molecule has 6 heteroatoms. The molecular formula is C12H16ClN3O2. The van der Waals surface area contributed by atoms with E-state index in [4.69, 9.17) is 11.6 Å². The summed E-state index contributed by atoms with van der Waals surface area (Å²) < 4.78 is 0. The molecule has 98 valence electrons. The van der Waals surface area contributed by atoms with Crippen molar-refractivity contribution in [2.75, 3.05) is 11.9 Å². The molecule has 1 aromatic rings. The van der Waals surface area contributed by atoms with E-state index in [1.165, 1.54) is 12.1 Å². The van der Waals surface area contributed by atoms with Crippen LogP contribution in [0.2, 0.25) is 5.02 Å². The second-order valence-corrected chi connectivity index (χ2v) is 5.08. The van der Waals surface area contributed by atoms with E-state index < -0.39 is 0 Å². The molecule has 2 atom stereocenters. The van der Waals surface area contributed by atoms with Crippen LogP contribution in [0.4, 0.5) is 11.4 Å². The zero-order valence-electron chi connectivity index (χ0n) is 10.1. The molecule has 1 heterocycles. The zero-order valence-corrected chi connectivity index (χ0v) is 10.9. The van der Waals surface area contributed by atoms with Crippen LogP contribution >= 0.6 is 11.6 Å². The molecule has 0 bridgehead atoms. The van der Waals surface area contributed by atoms with Gasteiger partial charge in [-0.3, -0.25) is 10.1 Å². The molecule has 2 unspecified atom stereocenters. The van der Waals surface area contributed by atoms with Gasteiger partial charge in [0.25, 0.3) is 5.69 Å². The Balaban J connectivity index is 2.16. The molecule has 0 radical (unpaired) electrons. The molecule has 1 fully saturated rings. The second-order valence-electron chi connectivity index (χ2n) is 4.64. The highest BCUT2D eigenvalue weighted by Crippen LogP contribution is 2.29. The van der Waals surface area contributed by atoms with Gasteiger partial charge < -0.3 is 10.6 Å². The lowest BCUT2D eigenvalue weighted by Gasteiger charge is -2.29. The van der Waals surface area contributed by atoms with Gasteiger partial charge in [-0.05, 0) is 38.4 Å². The Morgan fingerprint density at radius 2 is 2.33 bits per heavy atom. The molecule has 1 aliphatic rings. The van der Waals surface area contributed by atoms with Gasteiger partial charge in [0, 0.05) is 23.2 Å². The van der Waals surface area contributed by atoms with E-state index >= 15 is 0 Å². The zero-order chi connectivity index (χ0) is 13.1. The molecule has 1 aliphatic heterocycles. The summed E-state index contributed by atoms with van der Waals surface area (Å²) in [6.07, 6.45) is 1.90. The standard InChI is InChI=1S/C12H16ClN3O2/c1-8-6-10(4-5-14-8)15-11-7-9(13)2-3-12(11)16(17)18/h2-3,7-8,10,14-15H,4-6H2,1H3. The molecule has 0 spiro atoms. The first kappa shape index (κ1) is 13.1. The fourth-order valence-electron chi connectivity index (χ4n) is 2.27. The van der Waals surface area contributed by atoms with E-state index in [1.807, 2.05) is 0 Å². The van der Waals surface area contributed by atoms with Crippen molar-refractivity contribution in [1.82, 2.24) is 5.32 Å². The molecule has 0 aromatic heterocycles. The molecule has 1 aromatic carbocycles. The lowest BCUT2D eigenvalue weighted by atomic mass is 10.0. The van der Waals surface area contributed by atoms with Crippen LogP contribution in [0.1, 0.15) is 19.8 Å². The summed E-state index contributed by atoms with van der Waals surface area (Å²) in [4.78, 5) is 10.6. The minimum absolute atomic E-state index is 0.0746. The minimum Gasteiger partial charge on any atom is -0.377 e. The Morgan fingerprint density at radius 3 is 3.00 bits per heavy atom. The third kappa shape index (κ3) is 3.11. The Hall–Kier alpha value is -1.33. The number of hydrogen-bond acceptors (Lipinski definition) is 4. The monoisotopic (exact) mass is 269 g/mol. The molecule has 5 nitrogen and oxygen atoms in total. The van der Waals surface area contributed by atoms with Crippen molar-refractivity contribution in [3.8, 4) is 0 Å². The first-order valence-electron chi connectivity index (χ1n) is 6.00. The summed E-state index contributed by atoms with van der Waals surface area (Å²) >= 11 is 5.89. The highest BCUT2D eigenvalue weighted by molar-refractivity contribution is 6.31. The van der Waals surface area contributed by atoms with Gasteiger partial charge >= 0.3 is 0 Å². The Labute approximate surface area is 111 Å². The smallest absolute Gasteiger partial charge is 0.292 e. The van der Waals surface area contributed by atoms with Crippen LogP contribution in [0.15, 0.2) is 18.2 Å². The fourth-order valence-corrected chi connectivity index (χ4v) is 2.44. The van der Waals surface area contributed by atoms with Crippen molar-refractivity contribution in [3.63, 3.8) is 0 Å². The maximum Gasteiger partial charge on any atom is 0.292 e. The van der Waals surface area contributed by atoms with Gasteiger partial charge in [-0.2, -0.15) is 0 Å². The van der Waals surface area contributed by atoms with E-state index in [-0.39, 0.29) is 16.7 Å². The van der Waals surface area contributed by atoms with E-state index in [0.717, 1.165) is 19.4 Å². The SMILES string of the molecule is CC1CC(Nc2cc(Cl)ccc2[N+](=O)[O-])CCN1. The molecular weight excluding hydrogens is 254 g/mol. The molecule has 0 amide bonds. The van der Waals surface area contributed by atoms with Gasteiger partial charge in [-0.25, -0.2) is 0 Å². The number of hydrogen-bond donors (Lipinski definition) is 2. The van der Waals surface area contributed by atoms with Crippen molar-refractivity contribution in [2.45, 2.75) is 31.8 Å². The van der Waals surface area contributed by atoms with Crippen LogP contribution in [0.3, 0.4) is 0 Å². The summed E-state index contributed by atoms with van der Waals surface area (Å²) in [5.41, 5.74) is 0.581. The highest BCUT2D eigenvalue weighted by atomic mass is 35.5. The minimum atomic E-state index is -0.386. The van der Waals surface area contributed by atoms with Crippen LogP contribution in [0.25, 0.3) is 0 Å². The normalized spacial score (nSPS) is 23.7. The third-order valence-electron chi connectivity index (χ3n) is 3.14. The first-order valence-corrected chi connectivity index (χ1v) is 6.38. The second kappa shape index (κ2) is 5.54. The van der Waals surface area contributed by atoms with E-state index in [9.17, 15) is 10.1 Å². The van der Waals surface area contributed by atoms with Crippen molar-refractivity contribution >= 4 is 23.0 Å². The van der Waals surface area contributed by atoms with E-state index in [0.29, 0.717) is 16.8 Å². The lowest BCUT2D eigenvalue weighted by Crippen LogP contribution is -2.41. The van der Waals surface area contributed by atoms with Crippen LogP contribution < -0.4 is 10.6 Å². The third-order valence-corrected chi connectivity index (χ3v) is 3.37. The number of nitro groups is 1. The number of piperidine rings is 1. The number of halogens is 1. The van der Waals surface area contributed by atoms with Crippen molar-refractivity contribution < 1.29 is 4.92 Å². The van der Waals surface area contributed by atoms with Crippen LogP contribution in [-0.4, -0.2) is 23.6 Å². The topological polar surface area (TPSA) is 67.2 Å². The van der Waals surface area contributed by atoms with Crippen molar-refractivity contribution in [3.05, 3.63) is 33.3 Å². The van der Waals surface area contributed by atoms with Gasteiger partial charge in [-0.1, -0.05) is 11.6 Å². The van der Waals surface area contributed by atoms with Gasteiger partial charge in [-0.15, -0.1) is 0 Å². The molecule has 0 saturated carbocycles. The number of nitrogens with one attached hydrogen (secondary N) is 2. The highest BCUT2D eigenvalue weighted by Gasteiger charge is 2.21. The number of benzene rings is 1. The van der Waals surface area contributed by atoms with E-state index in [2.05, 4.69) is 17.6 Å². The average Bonchev–Trinajstić information content (AvgIpc) is 2.28. The summed E-state index contributed by atoms with van der Waals surface area (Å²) in [6.45, 7) is 3.04. The van der Waals surface area contributed by atoms with Gasteiger partial charge in [0.05, 0.1) is 4.92 Å². The Bertz CT molecular complexity index is 453. The Morgan fingerprint density at radius 1 is 1.56 bits per heavy atom. The largest absolute Gasteiger partial charge is 0.377 e. The molecule has 1 saturated heterocycles. The maximum atomic E-state index is 10.9. The molecule has 2 N–H and O–H groups in total. The van der Waals surface area contributed by atoms with Crippen LogP contribution in [0, 0.1) is 10.1 Å². The quantitative estimate of drug-likeness (QED) is 0.654. The number of anilines is 1. The predicted octanol–water partition coefficient (Wildman–Crippen LogP) is 2.80. The summed E-state index contributed by atoms with van der Waals surface area (Å²) in [7, 11) is 0. The molecule has 0 aliphatic carbocycles. The first-order chi connectivity index (χ1) is 8.56. The van der Waals surface area contributed by atoms with E-state index in [1.54, 1.807) is 6.07 Å². The average molecular weight is 270 g/mol. The van der Waals surface area contributed by atoms with Gasteiger partial charge in [0.2, 0.25) is 0 Å². The summed E-state index contributed by atoms with van der Waals surface area (Å²) in [6, 6.07) is 5.27. The van der Waals surface area contributed by atoms with Gasteiger partial charge in [0.1, 0.15) is 5.69 Å². The summed E-state index contributed by atoms with van der Waals surface area (Å²) in [5.74, 6) is 0. The lowest BCUT2D eigenvalue weighted by molar-refractivity contribution is -0.384. The van der Waals surface area contributed by atoms with Gasteiger partial charge in [0.15, 0.2) is 0 Å².